The second-order valence-corrected chi connectivity index (χ2v) is 6.85. The first-order valence-corrected chi connectivity index (χ1v) is 7.79. The van der Waals surface area contributed by atoms with Gasteiger partial charge >= 0.3 is 7.12 Å². The van der Waals surface area contributed by atoms with Crippen molar-refractivity contribution >= 4 is 24.0 Å². The number of anilines is 2. The van der Waals surface area contributed by atoms with E-state index in [0.717, 1.165) is 11.4 Å². The van der Waals surface area contributed by atoms with Crippen LogP contribution in [0.5, 0.6) is 5.75 Å². The summed E-state index contributed by atoms with van der Waals surface area (Å²) < 4.78 is 12.1. The van der Waals surface area contributed by atoms with E-state index in [1.807, 2.05) is 70.2 Å². The number of benzene rings is 2. The zero-order valence-electron chi connectivity index (χ0n) is 14.0. The molecule has 4 nitrogen and oxygen atoms in total. The molecule has 0 unspecified atom stereocenters. The zero-order valence-corrected chi connectivity index (χ0v) is 14.0. The predicted octanol–water partition coefficient (Wildman–Crippen LogP) is 3.44. The molecule has 5 heteroatoms. The number of rotatable bonds is 3. The van der Waals surface area contributed by atoms with Crippen LogP contribution >= 0.6 is 0 Å². The summed E-state index contributed by atoms with van der Waals surface area (Å²) >= 11 is 0. The van der Waals surface area contributed by atoms with Crippen molar-refractivity contribution < 1.29 is 14.4 Å². The van der Waals surface area contributed by atoms with Crippen molar-refractivity contribution in [2.75, 3.05) is 5.32 Å². The van der Waals surface area contributed by atoms with Gasteiger partial charge in [0, 0.05) is 16.8 Å². The highest BCUT2D eigenvalue weighted by atomic mass is 16.7. The van der Waals surface area contributed by atoms with Crippen molar-refractivity contribution in [3.8, 4) is 5.75 Å². The van der Waals surface area contributed by atoms with E-state index in [1.165, 1.54) is 0 Å². The second-order valence-electron chi connectivity index (χ2n) is 6.85. The van der Waals surface area contributed by atoms with E-state index in [4.69, 9.17) is 9.31 Å². The Balaban J connectivity index is 1.87. The molecule has 0 spiro atoms. The van der Waals surface area contributed by atoms with E-state index in [9.17, 15) is 5.11 Å². The van der Waals surface area contributed by atoms with Crippen LogP contribution in [0.15, 0.2) is 48.5 Å². The van der Waals surface area contributed by atoms with Gasteiger partial charge in [-0.2, -0.15) is 0 Å². The molecule has 0 aliphatic carbocycles. The monoisotopic (exact) mass is 311 g/mol. The summed E-state index contributed by atoms with van der Waals surface area (Å²) in [6, 6.07) is 15.2. The van der Waals surface area contributed by atoms with Crippen molar-refractivity contribution in [2.24, 2.45) is 0 Å². The molecule has 0 bridgehead atoms. The molecule has 0 atom stereocenters. The summed E-state index contributed by atoms with van der Waals surface area (Å²) in [7, 11) is -0.586. The summed E-state index contributed by atoms with van der Waals surface area (Å²) in [4.78, 5) is 0. The molecule has 1 aliphatic heterocycles. The molecule has 0 radical (unpaired) electrons. The Morgan fingerprint density at radius 2 is 1.48 bits per heavy atom. The summed E-state index contributed by atoms with van der Waals surface area (Å²) in [5, 5.41) is 13.5. The van der Waals surface area contributed by atoms with Gasteiger partial charge in [0.25, 0.3) is 0 Å². The Kier molecular flexibility index (Phi) is 3.86. The molecular weight excluding hydrogens is 289 g/mol. The van der Waals surface area contributed by atoms with Crippen LogP contribution in [0.1, 0.15) is 27.7 Å². The van der Waals surface area contributed by atoms with E-state index in [1.54, 1.807) is 6.07 Å². The molecule has 0 saturated carbocycles. The minimum absolute atomic E-state index is 0.169. The third kappa shape index (κ3) is 3.07. The Bertz CT molecular complexity index is 685. The van der Waals surface area contributed by atoms with Gasteiger partial charge in [0.15, 0.2) is 0 Å². The van der Waals surface area contributed by atoms with E-state index in [2.05, 4.69) is 5.32 Å². The van der Waals surface area contributed by atoms with E-state index in [0.29, 0.717) is 5.46 Å². The lowest BCUT2D eigenvalue weighted by atomic mass is 9.78. The Hall–Kier alpha value is -1.98. The minimum Gasteiger partial charge on any atom is -0.508 e. The molecule has 120 valence electrons. The molecule has 3 rings (SSSR count). The standard InChI is InChI=1S/C18H22BNO3/c1-17(2)18(3,4)23-19(22-17)15-12-14(10-11-16(15)21)20-13-8-6-5-7-9-13/h5-12,20-21H,1-4H3. The topological polar surface area (TPSA) is 50.7 Å². The summed E-state index contributed by atoms with van der Waals surface area (Å²) in [5.41, 5.74) is 1.61. The third-order valence-electron chi connectivity index (χ3n) is 4.60. The maximum Gasteiger partial charge on any atom is 0.498 e. The van der Waals surface area contributed by atoms with Crippen LogP contribution in [0.25, 0.3) is 0 Å². The summed E-state index contributed by atoms with van der Waals surface area (Å²) in [6.07, 6.45) is 0. The molecule has 2 aromatic rings. The van der Waals surface area contributed by atoms with Crippen LogP contribution in [0.3, 0.4) is 0 Å². The molecule has 1 aliphatic rings. The number of phenolic OH excluding ortho intramolecular Hbond substituents is 1. The van der Waals surface area contributed by atoms with Gasteiger partial charge in [-0.25, -0.2) is 0 Å². The first-order valence-electron chi connectivity index (χ1n) is 7.79. The fraction of sp³-hybridized carbons (Fsp3) is 0.333. The van der Waals surface area contributed by atoms with Crippen LogP contribution in [0.2, 0.25) is 0 Å². The molecule has 1 heterocycles. The van der Waals surface area contributed by atoms with Crippen LogP contribution in [0.4, 0.5) is 11.4 Å². The SMILES string of the molecule is CC1(C)OB(c2cc(Nc3ccccc3)ccc2O)OC1(C)C. The minimum atomic E-state index is -0.586. The number of aromatic hydroxyl groups is 1. The van der Waals surface area contributed by atoms with Crippen molar-refractivity contribution in [3.05, 3.63) is 48.5 Å². The molecule has 2 aromatic carbocycles. The number of hydrogen-bond acceptors (Lipinski definition) is 4. The maximum absolute atomic E-state index is 10.2. The second kappa shape index (κ2) is 5.58. The van der Waals surface area contributed by atoms with E-state index in [-0.39, 0.29) is 5.75 Å². The van der Waals surface area contributed by atoms with Gasteiger partial charge in [-0.05, 0) is 58.0 Å². The van der Waals surface area contributed by atoms with Crippen LogP contribution < -0.4 is 10.8 Å². The number of phenols is 1. The van der Waals surface area contributed by atoms with Gasteiger partial charge in [-0.15, -0.1) is 0 Å². The molecule has 0 amide bonds. The van der Waals surface area contributed by atoms with Crippen LogP contribution in [0, 0.1) is 0 Å². The van der Waals surface area contributed by atoms with Gasteiger partial charge in [-0.1, -0.05) is 18.2 Å². The highest BCUT2D eigenvalue weighted by Gasteiger charge is 2.52. The maximum atomic E-state index is 10.2. The predicted molar refractivity (Wildman–Crippen MR) is 93.5 cm³/mol. The molecular formula is C18H22BNO3. The highest BCUT2D eigenvalue weighted by molar-refractivity contribution is 6.63. The number of hydrogen-bond donors (Lipinski definition) is 2. The lowest BCUT2D eigenvalue weighted by Crippen LogP contribution is -2.41. The lowest BCUT2D eigenvalue weighted by Gasteiger charge is -2.32. The van der Waals surface area contributed by atoms with Crippen molar-refractivity contribution in [1.29, 1.82) is 0 Å². The smallest absolute Gasteiger partial charge is 0.498 e. The van der Waals surface area contributed by atoms with Crippen molar-refractivity contribution in [2.45, 2.75) is 38.9 Å². The fourth-order valence-corrected chi connectivity index (χ4v) is 2.48. The Labute approximate surface area is 137 Å². The first kappa shape index (κ1) is 15.9. The number of para-hydroxylation sites is 1. The Morgan fingerprint density at radius 1 is 0.870 bits per heavy atom. The first-order chi connectivity index (χ1) is 10.8. The van der Waals surface area contributed by atoms with Gasteiger partial charge in [0.2, 0.25) is 0 Å². The fourth-order valence-electron chi connectivity index (χ4n) is 2.48. The molecule has 2 N–H and O–H groups in total. The van der Waals surface area contributed by atoms with Gasteiger partial charge in [-0.3, -0.25) is 0 Å². The molecule has 1 saturated heterocycles. The van der Waals surface area contributed by atoms with Gasteiger partial charge in [0.1, 0.15) is 5.75 Å². The third-order valence-corrected chi connectivity index (χ3v) is 4.60. The summed E-state index contributed by atoms with van der Waals surface area (Å²) in [5.74, 6) is 0.169. The average molecular weight is 311 g/mol. The van der Waals surface area contributed by atoms with Gasteiger partial charge < -0.3 is 19.7 Å². The number of nitrogens with one attached hydrogen (secondary N) is 1. The summed E-state index contributed by atoms with van der Waals surface area (Å²) in [6.45, 7) is 7.98. The molecule has 0 aromatic heterocycles. The normalized spacial score (nSPS) is 18.9. The quantitative estimate of drug-likeness (QED) is 0.673. The van der Waals surface area contributed by atoms with E-state index >= 15 is 0 Å². The van der Waals surface area contributed by atoms with Crippen molar-refractivity contribution in [3.63, 3.8) is 0 Å². The highest BCUT2D eigenvalue weighted by Crippen LogP contribution is 2.37. The van der Waals surface area contributed by atoms with Crippen molar-refractivity contribution in [1.82, 2.24) is 0 Å². The molecule has 1 fully saturated rings. The van der Waals surface area contributed by atoms with Crippen LogP contribution in [-0.2, 0) is 9.31 Å². The van der Waals surface area contributed by atoms with Crippen LogP contribution in [-0.4, -0.2) is 23.4 Å². The average Bonchev–Trinajstić information content (AvgIpc) is 2.70. The molecule has 23 heavy (non-hydrogen) atoms. The zero-order chi connectivity index (χ0) is 16.7. The van der Waals surface area contributed by atoms with E-state index < -0.39 is 18.3 Å². The largest absolute Gasteiger partial charge is 0.508 e. The lowest BCUT2D eigenvalue weighted by molar-refractivity contribution is 0.00578. The van der Waals surface area contributed by atoms with Gasteiger partial charge in [0.05, 0.1) is 11.2 Å². The Morgan fingerprint density at radius 3 is 2.09 bits per heavy atom.